The van der Waals surface area contributed by atoms with Crippen molar-refractivity contribution in [2.45, 2.75) is 25.7 Å². The van der Waals surface area contributed by atoms with Crippen LogP contribution in [0.4, 0.5) is 4.39 Å². The lowest BCUT2D eigenvalue weighted by molar-refractivity contribution is -0.137. The van der Waals surface area contributed by atoms with Crippen LogP contribution in [0.25, 0.3) is 17.4 Å². The van der Waals surface area contributed by atoms with Gasteiger partial charge in [0.25, 0.3) is 5.91 Å². The molecule has 1 aromatic heterocycles. The molecule has 1 amide bonds. The van der Waals surface area contributed by atoms with Crippen LogP contribution >= 0.6 is 24.0 Å². The van der Waals surface area contributed by atoms with Gasteiger partial charge in [0.2, 0.25) is 0 Å². The smallest absolute Gasteiger partial charge is 0.303 e. The number of benzene rings is 1. The van der Waals surface area contributed by atoms with Crippen LogP contribution in [0, 0.1) is 17.1 Å². The number of halogens is 1. The number of furan rings is 1. The van der Waals surface area contributed by atoms with Crippen molar-refractivity contribution in [2.24, 2.45) is 0 Å². The molecule has 0 bridgehead atoms. The average Bonchev–Trinajstić information content (AvgIpc) is 3.27. The lowest BCUT2D eigenvalue weighted by Crippen LogP contribution is -2.29. The van der Waals surface area contributed by atoms with Gasteiger partial charge in [-0.1, -0.05) is 30.4 Å². The number of unbranched alkanes of at least 4 members (excludes halogenated alkanes) is 2. The van der Waals surface area contributed by atoms with E-state index in [1.165, 1.54) is 23.1 Å². The first-order chi connectivity index (χ1) is 14.4. The number of hydrogen-bond acceptors (Lipinski definition) is 6. The van der Waals surface area contributed by atoms with Gasteiger partial charge in [-0.25, -0.2) is 4.39 Å². The van der Waals surface area contributed by atoms with Crippen molar-refractivity contribution in [2.75, 3.05) is 6.54 Å². The Kier molecular flexibility index (Phi) is 7.03. The molecule has 0 atom stereocenters. The highest BCUT2D eigenvalue weighted by Crippen LogP contribution is 2.34. The zero-order chi connectivity index (χ0) is 21.7. The first-order valence-electron chi connectivity index (χ1n) is 9.16. The molecule has 1 saturated heterocycles. The molecule has 6 nitrogen and oxygen atoms in total. The number of thioether (sulfide) groups is 1. The maximum absolute atomic E-state index is 14.1. The summed E-state index contributed by atoms with van der Waals surface area (Å²) in [5.41, 5.74) is 0.483. The summed E-state index contributed by atoms with van der Waals surface area (Å²) in [4.78, 5) is 25.1. The SMILES string of the molecule is N#Cc1ccc(F)c(-c2ccc(C=C3SC(=S)N(CCCCCC(=O)O)C3=O)o2)c1. The molecule has 0 unspecified atom stereocenters. The molecular weight excluding hydrogens is 427 g/mol. The Morgan fingerprint density at radius 1 is 1.30 bits per heavy atom. The van der Waals surface area contributed by atoms with Gasteiger partial charge in [0.1, 0.15) is 21.7 Å². The number of carboxylic acid groups (broad SMARTS) is 1. The highest BCUT2D eigenvalue weighted by atomic mass is 32.2. The van der Waals surface area contributed by atoms with Crippen LogP contribution in [0.5, 0.6) is 0 Å². The molecule has 1 aromatic carbocycles. The van der Waals surface area contributed by atoms with Crippen molar-refractivity contribution in [3.05, 3.63) is 52.4 Å². The summed E-state index contributed by atoms with van der Waals surface area (Å²) in [6, 6.07) is 9.15. The largest absolute Gasteiger partial charge is 0.481 e. The van der Waals surface area contributed by atoms with Gasteiger partial charge < -0.3 is 9.52 Å². The number of aliphatic carboxylic acids is 1. The summed E-state index contributed by atoms with van der Waals surface area (Å²) in [7, 11) is 0. The monoisotopic (exact) mass is 444 g/mol. The Hall–Kier alpha value is -2.96. The molecule has 1 aliphatic rings. The second-order valence-electron chi connectivity index (χ2n) is 6.55. The number of carbonyl (C=O) groups is 2. The Bertz CT molecular complexity index is 1070. The third-order valence-electron chi connectivity index (χ3n) is 4.41. The van der Waals surface area contributed by atoms with Gasteiger partial charge in [0.05, 0.1) is 22.1 Å². The molecule has 2 aromatic rings. The number of rotatable bonds is 8. The number of nitrogens with zero attached hydrogens (tertiary/aromatic N) is 2. The standard InChI is InChI=1S/C21H17FN2O4S2/c22-16-7-5-13(12-23)10-15(16)17-8-6-14(28-17)11-18-20(27)24(21(29)30-18)9-3-1-2-4-19(25)26/h5-8,10-11H,1-4,9H2,(H,25,26). The number of nitriles is 1. The van der Waals surface area contributed by atoms with Crippen LogP contribution in [0.2, 0.25) is 0 Å². The van der Waals surface area contributed by atoms with Crippen LogP contribution in [-0.4, -0.2) is 32.7 Å². The molecular formula is C21H17FN2O4S2. The maximum Gasteiger partial charge on any atom is 0.303 e. The van der Waals surface area contributed by atoms with E-state index < -0.39 is 11.8 Å². The maximum atomic E-state index is 14.1. The summed E-state index contributed by atoms with van der Waals surface area (Å²) < 4.78 is 20.2. The van der Waals surface area contributed by atoms with Gasteiger partial charge >= 0.3 is 5.97 Å². The number of amides is 1. The number of carboxylic acids is 1. The molecule has 154 valence electrons. The van der Waals surface area contributed by atoms with Crippen LogP contribution in [0.1, 0.15) is 37.0 Å². The minimum absolute atomic E-state index is 0.108. The molecule has 1 aliphatic heterocycles. The van der Waals surface area contributed by atoms with E-state index in [-0.39, 0.29) is 23.7 Å². The lowest BCUT2D eigenvalue weighted by atomic mass is 10.1. The summed E-state index contributed by atoms with van der Waals surface area (Å²) >= 11 is 6.44. The third kappa shape index (κ3) is 5.14. The van der Waals surface area contributed by atoms with Gasteiger partial charge in [-0.2, -0.15) is 5.26 Å². The summed E-state index contributed by atoms with van der Waals surface area (Å²) in [5, 5.41) is 17.7. The van der Waals surface area contributed by atoms with E-state index in [4.69, 9.17) is 27.0 Å². The molecule has 30 heavy (non-hydrogen) atoms. The third-order valence-corrected chi connectivity index (χ3v) is 5.78. The van der Waals surface area contributed by atoms with E-state index >= 15 is 0 Å². The van der Waals surface area contributed by atoms with E-state index in [2.05, 4.69) is 0 Å². The van der Waals surface area contributed by atoms with E-state index in [0.717, 1.165) is 11.8 Å². The molecule has 1 N–H and O–H groups in total. The molecule has 0 aliphatic carbocycles. The fraction of sp³-hybridized carbons (Fsp3) is 0.238. The van der Waals surface area contributed by atoms with Crippen molar-refractivity contribution < 1.29 is 23.5 Å². The predicted molar refractivity (Wildman–Crippen MR) is 115 cm³/mol. The molecule has 1 fully saturated rings. The van der Waals surface area contributed by atoms with Crippen LogP contribution in [-0.2, 0) is 9.59 Å². The summed E-state index contributed by atoms with van der Waals surface area (Å²) in [6.07, 6.45) is 3.57. The average molecular weight is 445 g/mol. The minimum atomic E-state index is -0.833. The first kappa shape index (κ1) is 21.7. The van der Waals surface area contributed by atoms with Gasteiger partial charge in [0.15, 0.2) is 0 Å². The lowest BCUT2D eigenvalue weighted by Gasteiger charge is -2.13. The van der Waals surface area contributed by atoms with Gasteiger partial charge in [-0.15, -0.1) is 0 Å². The molecule has 3 rings (SSSR count). The topological polar surface area (TPSA) is 94.5 Å². The van der Waals surface area contributed by atoms with Crippen LogP contribution < -0.4 is 0 Å². The van der Waals surface area contributed by atoms with E-state index in [9.17, 15) is 14.0 Å². The molecule has 0 radical (unpaired) electrons. The van der Waals surface area contributed by atoms with E-state index in [1.54, 1.807) is 18.2 Å². The number of carbonyl (C=O) groups excluding carboxylic acids is 1. The first-order valence-corrected chi connectivity index (χ1v) is 10.4. The number of thiocarbonyl (C=S) groups is 1. The summed E-state index contributed by atoms with van der Waals surface area (Å²) in [5.74, 6) is -0.956. The Morgan fingerprint density at radius 3 is 2.83 bits per heavy atom. The molecule has 0 spiro atoms. The van der Waals surface area contributed by atoms with Gasteiger partial charge in [0, 0.05) is 19.0 Å². The number of hydrogen-bond donors (Lipinski definition) is 1. The Balaban J connectivity index is 1.68. The van der Waals surface area contributed by atoms with Crippen LogP contribution in [0.15, 0.2) is 39.7 Å². The Labute approximate surface area is 182 Å². The van der Waals surface area contributed by atoms with E-state index in [0.29, 0.717) is 46.4 Å². The fourth-order valence-corrected chi connectivity index (χ4v) is 4.19. The molecule has 0 saturated carbocycles. The second kappa shape index (κ2) is 9.69. The van der Waals surface area contributed by atoms with Crippen molar-refractivity contribution in [1.29, 1.82) is 5.26 Å². The van der Waals surface area contributed by atoms with Gasteiger partial charge in [-0.3, -0.25) is 14.5 Å². The van der Waals surface area contributed by atoms with Crippen molar-refractivity contribution in [3.63, 3.8) is 0 Å². The van der Waals surface area contributed by atoms with Crippen molar-refractivity contribution in [1.82, 2.24) is 4.90 Å². The predicted octanol–water partition coefficient (Wildman–Crippen LogP) is 4.80. The van der Waals surface area contributed by atoms with Crippen LogP contribution in [0.3, 0.4) is 0 Å². The highest BCUT2D eigenvalue weighted by molar-refractivity contribution is 8.26. The summed E-state index contributed by atoms with van der Waals surface area (Å²) in [6.45, 7) is 0.428. The second-order valence-corrected chi connectivity index (χ2v) is 8.22. The van der Waals surface area contributed by atoms with E-state index in [1.807, 2.05) is 6.07 Å². The molecule has 9 heteroatoms. The molecule has 2 heterocycles. The van der Waals surface area contributed by atoms with Gasteiger partial charge in [-0.05, 0) is 43.2 Å². The quantitative estimate of drug-likeness (QED) is 0.355. The zero-order valence-corrected chi connectivity index (χ0v) is 17.4. The fourth-order valence-electron chi connectivity index (χ4n) is 2.90. The van der Waals surface area contributed by atoms with Crippen molar-refractivity contribution >= 4 is 46.3 Å². The Morgan fingerprint density at radius 2 is 2.10 bits per heavy atom. The highest BCUT2D eigenvalue weighted by Gasteiger charge is 2.31. The zero-order valence-electron chi connectivity index (χ0n) is 15.8. The normalized spacial score (nSPS) is 15.1. The van der Waals surface area contributed by atoms with Crippen molar-refractivity contribution in [3.8, 4) is 17.4 Å². The minimum Gasteiger partial charge on any atom is -0.481 e.